The Morgan fingerprint density at radius 1 is 1.10 bits per heavy atom. The van der Waals surface area contributed by atoms with Crippen LogP contribution in [-0.2, 0) is 0 Å². The molecule has 0 bridgehead atoms. The lowest BCUT2D eigenvalue weighted by Gasteiger charge is -2.13. The fourth-order valence-electron chi connectivity index (χ4n) is 3.22. The minimum atomic E-state index is -0.467. The highest BCUT2D eigenvalue weighted by Crippen LogP contribution is 2.31. The van der Waals surface area contributed by atoms with Crippen LogP contribution in [0.4, 0.5) is 5.69 Å². The number of benzene rings is 2. The fourth-order valence-corrected chi connectivity index (χ4v) is 3.22. The molecule has 1 heterocycles. The van der Waals surface area contributed by atoms with E-state index in [1.54, 1.807) is 43.7 Å². The summed E-state index contributed by atoms with van der Waals surface area (Å²) < 4.78 is 12.4. The lowest BCUT2D eigenvalue weighted by molar-refractivity contribution is -0.384. The highest BCUT2D eigenvalue weighted by molar-refractivity contribution is 5.95. The maximum Gasteiger partial charge on any atom is 0.273 e. The lowest BCUT2D eigenvalue weighted by atomic mass is 10.2. The van der Waals surface area contributed by atoms with Crippen LogP contribution < -0.4 is 14.9 Å². The summed E-state index contributed by atoms with van der Waals surface area (Å²) in [5.41, 5.74) is 6.09. The second-order valence-electron chi connectivity index (χ2n) is 6.70. The number of ether oxygens (including phenoxy) is 2. The Morgan fingerprint density at radius 2 is 1.81 bits per heavy atom. The third kappa shape index (κ3) is 4.55. The molecular weight excluding hydrogens is 400 g/mol. The standard InChI is InChI=1S/C22H22N4O5/c1-14-11-17(13-23-24-22(27)16-5-8-19(30-3)9-6-16)15(2)25(14)20-10-7-18(26(28)29)12-21(20)31-4/h5-13H,1-4H3,(H,24,27)/b23-13-. The molecule has 9 heteroatoms. The van der Waals surface area contributed by atoms with E-state index in [0.717, 1.165) is 17.0 Å². The normalized spacial score (nSPS) is 10.8. The number of carbonyl (C=O) groups excluding carboxylic acids is 1. The summed E-state index contributed by atoms with van der Waals surface area (Å²) in [6.45, 7) is 3.79. The molecule has 0 saturated carbocycles. The van der Waals surface area contributed by atoms with Crippen LogP contribution in [-0.4, -0.2) is 35.8 Å². The average Bonchev–Trinajstić information content (AvgIpc) is 3.06. The van der Waals surface area contributed by atoms with Crippen LogP contribution in [0.15, 0.2) is 53.6 Å². The van der Waals surface area contributed by atoms with Gasteiger partial charge in [-0.1, -0.05) is 0 Å². The van der Waals surface area contributed by atoms with Gasteiger partial charge in [-0.05, 0) is 50.2 Å². The van der Waals surface area contributed by atoms with Gasteiger partial charge in [-0.3, -0.25) is 14.9 Å². The van der Waals surface area contributed by atoms with E-state index in [1.807, 2.05) is 24.5 Å². The van der Waals surface area contributed by atoms with Crippen molar-refractivity contribution in [1.82, 2.24) is 9.99 Å². The highest BCUT2D eigenvalue weighted by Gasteiger charge is 2.17. The van der Waals surface area contributed by atoms with Crippen molar-refractivity contribution in [2.24, 2.45) is 5.10 Å². The van der Waals surface area contributed by atoms with E-state index in [4.69, 9.17) is 9.47 Å². The van der Waals surface area contributed by atoms with Crippen molar-refractivity contribution in [3.8, 4) is 17.2 Å². The Morgan fingerprint density at radius 3 is 2.42 bits per heavy atom. The Labute approximate surface area is 179 Å². The maximum atomic E-state index is 12.2. The van der Waals surface area contributed by atoms with E-state index in [-0.39, 0.29) is 11.6 Å². The summed E-state index contributed by atoms with van der Waals surface area (Å²) in [4.78, 5) is 22.8. The first kappa shape index (κ1) is 21.6. The van der Waals surface area contributed by atoms with Crippen LogP contribution in [0.1, 0.15) is 27.3 Å². The zero-order valence-corrected chi connectivity index (χ0v) is 17.6. The van der Waals surface area contributed by atoms with E-state index in [9.17, 15) is 14.9 Å². The van der Waals surface area contributed by atoms with Crippen molar-refractivity contribution in [3.63, 3.8) is 0 Å². The monoisotopic (exact) mass is 422 g/mol. The van der Waals surface area contributed by atoms with E-state index >= 15 is 0 Å². The van der Waals surface area contributed by atoms with Crippen molar-refractivity contribution in [1.29, 1.82) is 0 Å². The Balaban J connectivity index is 1.83. The summed E-state index contributed by atoms with van der Waals surface area (Å²) in [6, 6.07) is 13.1. The molecule has 0 aliphatic rings. The predicted molar refractivity (Wildman–Crippen MR) is 117 cm³/mol. The number of hydrazone groups is 1. The first-order valence-electron chi connectivity index (χ1n) is 9.35. The lowest BCUT2D eigenvalue weighted by Crippen LogP contribution is -2.17. The van der Waals surface area contributed by atoms with Gasteiger partial charge in [0.15, 0.2) is 0 Å². The number of rotatable bonds is 7. The number of methoxy groups -OCH3 is 2. The molecule has 160 valence electrons. The van der Waals surface area contributed by atoms with Gasteiger partial charge in [0.2, 0.25) is 0 Å². The van der Waals surface area contributed by atoms with Crippen LogP contribution in [0, 0.1) is 24.0 Å². The number of nitro groups is 1. The Bertz CT molecular complexity index is 1150. The van der Waals surface area contributed by atoms with E-state index < -0.39 is 4.92 Å². The average molecular weight is 422 g/mol. The van der Waals surface area contributed by atoms with Crippen molar-refractivity contribution in [2.75, 3.05) is 14.2 Å². The molecule has 9 nitrogen and oxygen atoms in total. The minimum Gasteiger partial charge on any atom is -0.497 e. The van der Waals surface area contributed by atoms with Gasteiger partial charge < -0.3 is 14.0 Å². The number of nitrogens with zero attached hydrogens (tertiary/aromatic N) is 3. The molecule has 0 fully saturated rings. The van der Waals surface area contributed by atoms with Gasteiger partial charge in [0.1, 0.15) is 11.5 Å². The largest absolute Gasteiger partial charge is 0.497 e. The molecule has 0 aliphatic carbocycles. The van der Waals surface area contributed by atoms with Crippen LogP contribution in [0.5, 0.6) is 11.5 Å². The molecule has 0 unspecified atom stereocenters. The molecule has 1 N–H and O–H groups in total. The number of amides is 1. The van der Waals surface area contributed by atoms with Gasteiger partial charge in [0.25, 0.3) is 11.6 Å². The Hall–Kier alpha value is -4.14. The van der Waals surface area contributed by atoms with Gasteiger partial charge in [0, 0.05) is 28.6 Å². The second-order valence-corrected chi connectivity index (χ2v) is 6.70. The number of aryl methyl sites for hydroxylation is 1. The van der Waals surface area contributed by atoms with Crippen molar-refractivity contribution in [3.05, 3.63) is 81.2 Å². The van der Waals surface area contributed by atoms with Gasteiger partial charge in [-0.2, -0.15) is 5.10 Å². The van der Waals surface area contributed by atoms with Crippen molar-refractivity contribution >= 4 is 17.8 Å². The maximum absolute atomic E-state index is 12.2. The molecule has 3 rings (SSSR count). The molecule has 3 aromatic rings. The zero-order valence-electron chi connectivity index (χ0n) is 17.6. The molecule has 0 spiro atoms. The second kappa shape index (κ2) is 9.12. The van der Waals surface area contributed by atoms with Gasteiger partial charge in [-0.15, -0.1) is 0 Å². The van der Waals surface area contributed by atoms with E-state index in [0.29, 0.717) is 22.7 Å². The number of nitrogens with one attached hydrogen (secondary N) is 1. The number of non-ortho nitro benzene ring substituents is 1. The number of hydrogen-bond acceptors (Lipinski definition) is 6. The van der Waals surface area contributed by atoms with E-state index in [1.165, 1.54) is 19.2 Å². The number of hydrogen-bond donors (Lipinski definition) is 1. The van der Waals surface area contributed by atoms with Gasteiger partial charge in [-0.25, -0.2) is 5.43 Å². The third-order valence-electron chi connectivity index (χ3n) is 4.81. The summed E-state index contributed by atoms with van der Waals surface area (Å²) >= 11 is 0. The smallest absolute Gasteiger partial charge is 0.273 e. The topological polar surface area (TPSA) is 108 Å². The summed E-state index contributed by atoms with van der Waals surface area (Å²) in [6.07, 6.45) is 1.55. The molecule has 1 aromatic heterocycles. The first-order chi connectivity index (χ1) is 14.8. The molecule has 1 amide bonds. The predicted octanol–water partition coefficient (Wildman–Crippen LogP) is 3.78. The van der Waals surface area contributed by atoms with Crippen molar-refractivity contribution < 1.29 is 19.2 Å². The van der Waals surface area contributed by atoms with E-state index in [2.05, 4.69) is 10.5 Å². The van der Waals surface area contributed by atoms with Crippen LogP contribution in [0.3, 0.4) is 0 Å². The molecular formula is C22H22N4O5. The van der Waals surface area contributed by atoms with Crippen LogP contribution in [0.2, 0.25) is 0 Å². The molecule has 0 radical (unpaired) electrons. The SMILES string of the molecule is COc1ccc(C(=O)N/N=C\c2cc(C)n(-c3ccc([N+](=O)[O-])cc3OC)c2C)cc1. The summed E-state index contributed by atoms with van der Waals surface area (Å²) in [5.74, 6) is 0.700. The van der Waals surface area contributed by atoms with Crippen LogP contribution >= 0.6 is 0 Å². The molecule has 0 aliphatic heterocycles. The molecule has 2 aromatic carbocycles. The molecule has 0 saturated heterocycles. The molecule has 0 atom stereocenters. The third-order valence-corrected chi connectivity index (χ3v) is 4.81. The van der Waals surface area contributed by atoms with Crippen LogP contribution in [0.25, 0.3) is 5.69 Å². The van der Waals surface area contributed by atoms with Gasteiger partial charge >= 0.3 is 0 Å². The Kier molecular flexibility index (Phi) is 6.35. The minimum absolute atomic E-state index is 0.0499. The van der Waals surface area contributed by atoms with Crippen molar-refractivity contribution in [2.45, 2.75) is 13.8 Å². The van der Waals surface area contributed by atoms with Gasteiger partial charge in [0.05, 0.1) is 37.1 Å². The quantitative estimate of drug-likeness (QED) is 0.354. The summed E-state index contributed by atoms with van der Waals surface area (Å²) in [5, 5.41) is 15.1. The number of nitro benzene ring substituents is 1. The zero-order chi connectivity index (χ0) is 22.5. The highest BCUT2D eigenvalue weighted by atomic mass is 16.6. The number of carbonyl (C=O) groups is 1. The fraction of sp³-hybridized carbons (Fsp3) is 0.182. The number of aromatic nitrogens is 1. The summed E-state index contributed by atoms with van der Waals surface area (Å²) in [7, 11) is 3.02. The molecule has 31 heavy (non-hydrogen) atoms. The first-order valence-corrected chi connectivity index (χ1v) is 9.35.